The highest BCUT2D eigenvalue weighted by atomic mass is 32.2. The van der Waals surface area contributed by atoms with Crippen molar-refractivity contribution in [2.75, 3.05) is 20.3 Å². The molecule has 5 nitrogen and oxygen atoms in total. The molecule has 3 heterocycles. The fraction of sp³-hybridized carbons (Fsp3) is 0.571. The molecule has 2 fully saturated rings. The van der Waals surface area contributed by atoms with Gasteiger partial charge in [0.1, 0.15) is 11.8 Å². The largest absolute Gasteiger partial charge is 0.467 e. The van der Waals surface area contributed by atoms with E-state index in [4.69, 9.17) is 9.15 Å². The molecule has 20 heavy (non-hydrogen) atoms. The van der Waals surface area contributed by atoms with Gasteiger partial charge < -0.3 is 14.5 Å². The molecule has 0 spiro atoms. The third-order valence-electron chi connectivity index (χ3n) is 3.78. The van der Waals surface area contributed by atoms with Crippen LogP contribution in [-0.2, 0) is 9.53 Å². The number of furan rings is 1. The summed E-state index contributed by atoms with van der Waals surface area (Å²) in [5.74, 6) is 1.17. The van der Waals surface area contributed by atoms with Crippen LogP contribution in [-0.4, -0.2) is 36.5 Å². The number of rotatable bonds is 3. The molecule has 0 radical (unpaired) electrons. The number of Topliss-reactive ketones (excluding diaryl/α,β-unsaturated/α-hetero) is 1. The maximum Gasteiger partial charge on any atom is 0.157 e. The molecule has 0 saturated carbocycles. The molecule has 1 aromatic heterocycles. The van der Waals surface area contributed by atoms with E-state index in [1.807, 2.05) is 12.1 Å². The van der Waals surface area contributed by atoms with Gasteiger partial charge in [-0.15, -0.1) is 0 Å². The molecule has 0 aromatic carbocycles. The summed E-state index contributed by atoms with van der Waals surface area (Å²) in [7, 11) is 1.73. The minimum atomic E-state index is -0.164. The molecule has 6 heteroatoms. The van der Waals surface area contributed by atoms with Crippen molar-refractivity contribution in [2.24, 2.45) is 10.9 Å². The van der Waals surface area contributed by atoms with E-state index in [2.05, 4.69) is 10.3 Å². The van der Waals surface area contributed by atoms with E-state index < -0.39 is 0 Å². The Morgan fingerprint density at radius 2 is 2.25 bits per heavy atom. The standard InChI is InChI=1S/C14H18N2O3S/c1-15-14-16-11(10-3-2-6-19-10)13(20-14)12(17)9-4-7-18-8-5-9/h2-3,6,9,11,13H,4-5,7-8H2,1H3,(H,15,16). The van der Waals surface area contributed by atoms with Crippen molar-refractivity contribution < 1.29 is 13.9 Å². The number of hydrogen-bond donors (Lipinski definition) is 1. The number of ketones is 1. The second-order valence-corrected chi connectivity index (χ2v) is 6.12. The number of thioether (sulfide) groups is 1. The Kier molecular flexibility index (Phi) is 4.12. The van der Waals surface area contributed by atoms with Crippen molar-refractivity contribution in [3.8, 4) is 0 Å². The maximum atomic E-state index is 12.8. The molecule has 108 valence electrons. The molecule has 2 aliphatic rings. The van der Waals surface area contributed by atoms with Gasteiger partial charge in [-0.25, -0.2) is 0 Å². The average molecular weight is 294 g/mol. The summed E-state index contributed by atoms with van der Waals surface area (Å²) in [5.41, 5.74) is 0. The number of nitrogens with one attached hydrogen (secondary N) is 1. The summed E-state index contributed by atoms with van der Waals surface area (Å²) < 4.78 is 10.8. The van der Waals surface area contributed by atoms with E-state index in [1.165, 1.54) is 11.8 Å². The first-order chi connectivity index (χ1) is 9.79. The van der Waals surface area contributed by atoms with Gasteiger partial charge >= 0.3 is 0 Å². The predicted octanol–water partition coefficient (Wildman–Crippen LogP) is 2.01. The van der Waals surface area contributed by atoms with Crippen molar-refractivity contribution >= 4 is 22.7 Å². The van der Waals surface area contributed by atoms with Crippen LogP contribution in [0.3, 0.4) is 0 Å². The molecule has 2 unspecified atom stereocenters. The van der Waals surface area contributed by atoms with Gasteiger partial charge in [0, 0.05) is 26.2 Å². The molecule has 0 aliphatic carbocycles. The number of amidine groups is 1. The van der Waals surface area contributed by atoms with Crippen molar-refractivity contribution in [3.05, 3.63) is 24.2 Å². The lowest BCUT2D eigenvalue weighted by Gasteiger charge is -2.24. The minimum Gasteiger partial charge on any atom is -0.467 e. The molecular formula is C14H18N2O3S. The van der Waals surface area contributed by atoms with Crippen LogP contribution in [0.15, 0.2) is 27.8 Å². The van der Waals surface area contributed by atoms with Crippen molar-refractivity contribution in [3.63, 3.8) is 0 Å². The molecule has 2 atom stereocenters. The van der Waals surface area contributed by atoms with Crippen LogP contribution >= 0.6 is 11.8 Å². The van der Waals surface area contributed by atoms with E-state index in [-0.39, 0.29) is 23.0 Å². The van der Waals surface area contributed by atoms with Crippen LogP contribution < -0.4 is 5.32 Å². The van der Waals surface area contributed by atoms with Gasteiger partial charge in [0.25, 0.3) is 0 Å². The second kappa shape index (κ2) is 6.01. The van der Waals surface area contributed by atoms with Gasteiger partial charge in [-0.05, 0) is 25.0 Å². The number of nitrogens with zero attached hydrogens (tertiary/aromatic N) is 1. The Bertz CT molecular complexity index is 495. The summed E-state index contributed by atoms with van der Waals surface area (Å²) in [5, 5.41) is 3.92. The normalized spacial score (nSPS) is 29.6. The quantitative estimate of drug-likeness (QED) is 0.924. The molecule has 2 saturated heterocycles. The van der Waals surface area contributed by atoms with Gasteiger partial charge in [-0.3, -0.25) is 9.79 Å². The molecule has 3 rings (SSSR count). The van der Waals surface area contributed by atoms with E-state index in [0.29, 0.717) is 13.2 Å². The van der Waals surface area contributed by atoms with Gasteiger partial charge in [-0.1, -0.05) is 11.8 Å². The SMILES string of the molecule is CN=C1NC(c2ccco2)C(C(=O)C2CCOCC2)S1. The number of hydrogen-bond acceptors (Lipinski definition) is 5. The number of ether oxygens (including phenoxy) is 1. The first kappa shape index (κ1) is 13.7. The van der Waals surface area contributed by atoms with Crippen molar-refractivity contribution in [1.82, 2.24) is 5.32 Å². The smallest absolute Gasteiger partial charge is 0.157 e. The summed E-state index contributed by atoms with van der Waals surface area (Å²) in [4.78, 5) is 16.9. The molecule has 0 amide bonds. The summed E-state index contributed by atoms with van der Waals surface area (Å²) >= 11 is 1.51. The Hall–Kier alpha value is -1.27. The lowest BCUT2D eigenvalue weighted by atomic mass is 9.90. The Morgan fingerprint density at radius 3 is 2.90 bits per heavy atom. The van der Waals surface area contributed by atoms with Gasteiger partial charge in [0.05, 0.1) is 11.5 Å². The fourth-order valence-electron chi connectivity index (χ4n) is 2.67. The predicted molar refractivity (Wildman–Crippen MR) is 77.9 cm³/mol. The second-order valence-electron chi connectivity index (χ2n) is 4.99. The molecule has 1 aromatic rings. The third kappa shape index (κ3) is 2.62. The first-order valence-electron chi connectivity index (χ1n) is 6.84. The Labute approximate surface area is 122 Å². The van der Waals surface area contributed by atoms with Crippen LogP contribution in [0.2, 0.25) is 0 Å². The molecule has 2 aliphatic heterocycles. The highest BCUT2D eigenvalue weighted by Crippen LogP contribution is 2.37. The fourth-order valence-corrected chi connectivity index (χ4v) is 3.86. The maximum absolute atomic E-state index is 12.8. The Balaban J connectivity index is 1.80. The monoisotopic (exact) mass is 294 g/mol. The lowest BCUT2D eigenvalue weighted by Crippen LogP contribution is -2.34. The molecular weight excluding hydrogens is 276 g/mol. The number of carbonyl (C=O) groups is 1. The highest BCUT2D eigenvalue weighted by Gasteiger charge is 2.42. The molecule has 1 N–H and O–H groups in total. The van der Waals surface area contributed by atoms with Crippen LogP contribution in [0.4, 0.5) is 0 Å². The minimum absolute atomic E-state index is 0.0942. The lowest BCUT2D eigenvalue weighted by molar-refractivity contribution is -0.125. The van der Waals surface area contributed by atoms with Gasteiger partial charge in [-0.2, -0.15) is 0 Å². The van der Waals surface area contributed by atoms with Crippen LogP contribution in [0.25, 0.3) is 0 Å². The zero-order valence-electron chi connectivity index (χ0n) is 11.4. The zero-order chi connectivity index (χ0) is 13.9. The van der Waals surface area contributed by atoms with Crippen LogP contribution in [0, 0.1) is 5.92 Å². The third-order valence-corrected chi connectivity index (χ3v) is 5.06. The van der Waals surface area contributed by atoms with E-state index in [1.54, 1.807) is 13.3 Å². The van der Waals surface area contributed by atoms with Crippen molar-refractivity contribution in [1.29, 1.82) is 0 Å². The van der Waals surface area contributed by atoms with E-state index in [0.717, 1.165) is 23.8 Å². The van der Waals surface area contributed by atoms with Crippen LogP contribution in [0.5, 0.6) is 0 Å². The Morgan fingerprint density at radius 1 is 1.45 bits per heavy atom. The summed E-state index contributed by atoms with van der Waals surface area (Å²) in [6, 6.07) is 3.63. The summed E-state index contributed by atoms with van der Waals surface area (Å²) in [6.45, 7) is 1.36. The highest BCUT2D eigenvalue weighted by molar-refractivity contribution is 8.15. The first-order valence-corrected chi connectivity index (χ1v) is 7.72. The zero-order valence-corrected chi connectivity index (χ0v) is 12.2. The van der Waals surface area contributed by atoms with Crippen molar-refractivity contribution in [2.45, 2.75) is 24.1 Å². The number of carbonyl (C=O) groups excluding carboxylic acids is 1. The average Bonchev–Trinajstić information content (AvgIpc) is 3.16. The summed E-state index contributed by atoms with van der Waals surface area (Å²) in [6.07, 6.45) is 3.28. The van der Waals surface area contributed by atoms with E-state index >= 15 is 0 Å². The van der Waals surface area contributed by atoms with Gasteiger partial charge in [0.15, 0.2) is 11.0 Å². The van der Waals surface area contributed by atoms with Crippen LogP contribution in [0.1, 0.15) is 24.6 Å². The topological polar surface area (TPSA) is 63.8 Å². The van der Waals surface area contributed by atoms with E-state index in [9.17, 15) is 4.79 Å². The number of aliphatic imine (C=N–C) groups is 1. The van der Waals surface area contributed by atoms with Gasteiger partial charge in [0.2, 0.25) is 0 Å². The molecule has 0 bridgehead atoms.